The molecule has 1 aliphatic carbocycles. The van der Waals surface area contributed by atoms with Crippen LogP contribution in [0.4, 0.5) is 4.79 Å². The summed E-state index contributed by atoms with van der Waals surface area (Å²) in [5, 5.41) is 8.89. The molecule has 1 saturated carbocycles. The second-order valence-electron chi connectivity index (χ2n) is 5.26. The number of aliphatic carboxylic acids is 1. The molecule has 96 valence electrons. The number of fused-ring (bicyclic) bond motifs is 1. The molecule has 0 aromatic carbocycles. The summed E-state index contributed by atoms with van der Waals surface area (Å²) in [6, 6.07) is -0.905. The first-order valence-electron chi connectivity index (χ1n) is 6.25. The van der Waals surface area contributed by atoms with Crippen molar-refractivity contribution in [1.82, 2.24) is 9.80 Å². The second kappa shape index (κ2) is 4.55. The van der Waals surface area contributed by atoms with E-state index in [1.54, 1.807) is 7.05 Å². The standard InChI is InChI=1S/C12H20N2O3/c1-8(11(15)16)13(2)12(17)14-6-9-4-3-5-10(9)7-14/h8-10H,3-7H2,1-2H3,(H,15,16). The highest BCUT2D eigenvalue weighted by atomic mass is 16.4. The van der Waals surface area contributed by atoms with Crippen molar-refractivity contribution in [3.8, 4) is 0 Å². The molecular formula is C12H20N2O3. The minimum atomic E-state index is -0.958. The van der Waals surface area contributed by atoms with Crippen LogP contribution in [0.1, 0.15) is 26.2 Å². The Bertz CT molecular complexity index is 320. The van der Waals surface area contributed by atoms with E-state index in [2.05, 4.69) is 0 Å². The predicted molar refractivity (Wildman–Crippen MR) is 62.7 cm³/mol. The maximum absolute atomic E-state index is 12.1. The lowest BCUT2D eigenvalue weighted by Gasteiger charge is -2.27. The lowest BCUT2D eigenvalue weighted by Crippen LogP contribution is -2.47. The number of hydrogen-bond acceptors (Lipinski definition) is 2. The molecule has 3 unspecified atom stereocenters. The van der Waals surface area contributed by atoms with Gasteiger partial charge in [-0.25, -0.2) is 9.59 Å². The quantitative estimate of drug-likeness (QED) is 0.790. The summed E-state index contributed by atoms with van der Waals surface area (Å²) in [4.78, 5) is 26.1. The van der Waals surface area contributed by atoms with Gasteiger partial charge in [0.25, 0.3) is 0 Å². The normalized spacial score (nSPS) is 28.9. The molecular weight excluding hydrogens is 220 g/mol. The average Bonchev–Trinajstić information content (AvgIpc) is 2.85. The SMILES string of the molecule is CC(C(=O)O)N(C)C(=O)N1CC2CCCC2C1. The highest BCUT2D eigenvalue weighted by molar-refractivity contribution is 5.82. The third-order valence-corrected chi connectivity index (χ3v) is 4.24. The maximum Gasteiger partial charge on any atom is 0.326 e. The van der Waals surface area contributed by atoms with Crippen molar-refractivity contribution in [2.45, 2.75) is 32.2 Å². The molecule has 1 saturated heterocycles. The van der Waals surface area contributed by atoms with Crippen molar-refractivity contribution in [3.63, 3.8) is 0 Å². The Morgan fingerprint density at radius 3 is 2.29 bits per heavy atom. The third-order valence-electron chi connectivity index (χ3n) is 4.24. The number of hydrogen-bond donors (Lipinski definition) is 1. The minimum absolute atomic E-state index is 0.144. The number of amides is 2. The van der Waals surface area contributed by atoms with Crippen LogP contribution in [-0.4, -0.2) is 53.1 Å². The van der Waals surface area contributed by atoms with Gasteiger partial charge in [0.05, 0.1) is 0 Å². The number of likely N-dealkylation sites (N-methyl/N-ethyl adjacent to an activating group) is 1. The zero-order valence-corrected chi connectivity index (χ0v) is 10.4. The van der Waals surface area contributed by atoms with E-state index in [1.165, 1.54) is 31.1 Å². The van der Waals surface area contributed by atoms with Crippen molar-refractivity contribution in [3.05, 3.63) is 0 Å². The summed E-state index contributed by atoms with van der Waals surface area (Å²) in [7, 11) is 1.56. The van der Waals surface area contributed by atoms with Gasteiger partial charge in [0.2, 0.25) is 0 Å². The predicted octanol–water partition coefficient (Wildman–Crippen LogP) is 1.24. The Morgan fingerprint density at radius 2 is 1.82 bits per heavy atom. The van der Waals surface area contributed by atoms with Crippen LogP contribution in [-0.2, 0) is 4.79 Å². The first-order valence-corrected chi connectivity index (χ1v) is 6.25. The number of carbonyl (C=O) groups is 2. The second-order valence-corrected chi connectivity index (χ2v) is 5.26. The zero-order chi connectivity index (χ0) is 12.6. The molecule has 0 radical (unpaired) electrons. The molecule has 1 aliphatic heterocycles. The van der Waals surface area contributed by atoms with E-state index >= 15 is 0 Å². The van der Waals surface area contributed by atoms with E-state index in [-0.39, 0.29) is 6.03 Å². The van der Waals surface area contributed by atoms with E-state index in [0.29, 0.717) is 11.8 Å². The molecule has 0 spiro atoms. The van der Waals surface area contributed by atoms with E-state index < -0.39 is 12.0 Å². The van der Waals surface area contributed by atoms with Crippen LogP contribution in [0.25, 0.3) is 0 Å². The van der Waals surface area contributed by atoms with E-state index in [1.807, 2.05) is 4.90 Å². The maximum atomic E-state index is 12.1. The monoisotopic (exact) mass is 240 g/mol. The fourth-order valence-electron chi connectivity index (χ4n) is 2.95. The van der Waals surface area contributed by atoms with Gasteiger partial charge in [0.1, 0.15) is 6.04 Å². The van der Waals surface area contributed by atoms with Gasteiger partial charge in [-0.2, -0.15) is 0 Å². The molecule has 5 nitrogen and oxygen atoms in total. The fourth-order valence-corrected chi connectivity index (χ4v) is 2.95. The average molecular weight is 240 g/mol. The number of nitrogens with zero attached hydrogens (tertiary/aromatic N) is 2. The molecule has 17 heavy (non-hydrogen) atoms. The molecule has 3 atom stereocenters. The summed E-state index contributed by atoms with van der Waals surface area (Å²) in [6.45, 7) is 3.15. The van der Waals surface area contributed by atoms with Gasteiger partial charge in [0.15, 0.2) is 0 Å². The van der Waals surface area contributed by atoms with Gasteiger partial charge in [-0.1, -0.05) is 6.42 Å². The van der Waals surface area contributed by atoms with Crippen LogP contribution in [0.5, 0.6) is 0 Å². The Hall–Kier alpha value is -1.26. The molecule has 1 N–H and O–H groups in total. The Kier molecular flexibility index (Phi) is 3.26. The van der Waals surface area contributed by atoms with Crippen LogP contribution in [0.3, 0.4) is 0 Å². The number of carboxylic acids is 1. The van der Waals surface area contributed by atoms with Crippen molar-refractivity contribution in [2.75, 3.05) is 20.1 Å². The molecule has 0 aromatic rings. The first kappa shape index (κ1) is 12.2. The number of urea groups is 1. The lowest BCUT2D eigenvalue weighted by molar-refractivity contribution is -0.141. The van der Waals surface area contributed by atoms with Crippen molar-refractivity contribution < 1.29 is 14.7 Å². The highest BCUT2D eigenvalue weighted by Gasteiger charge is 2.39. The molecule has 1 heterocycles. The number of carbonyl (C=O) groups excluding carboxylic acids is 1. The molecule has 2 rings (SSSR count). The largest absolute Gasteiger partial charge is 0.480 e. The summed E-state index contributed by atoms with van der Waals surface area (Å²) < 4.78 is 0. The molecule has 0 aromatic heterocycles. The van der Waals surface area contributed by atoms with E-state index in [0.717, 1.165) is 13.1 Å². The summed E-state index contributed by atoms with van der Waals surface area (Å²) in [5.74, 6) is 0.334. The van der Waals surface area contributed by atoms with Crippen LogP contribution in [0, 0.1) is 11.8 Å². The number of likely N-dealkylation sites (tertiary alicyclic amines) is 1. The van der Waals surface area contributed by atoms with Gasteiger partial charge >= 0.3 is 12.0 Å². The van der Waals surface area contributed by atoms with E-state index in [4.69, 9.17) is 5.11 Å². The van der Waals surface area contributed by atoms with Crippen LogP contribution in [0.2, 0.25) is 0 Å². The third kappa shape index (κ3) is 2.23. The van der Waals surface area contributed by atoms with Gasteiger partial charge in [-0.15, -0.1) is 0 Å². The van der Waals surface area contributed by atoms with Crippen molar-refractivity contribution in [1.29, 1.82) is 0 Å². The zero-order valence-electron chi connectivity index (χ0n) is 10.4. The smallest absolute Gasteiger partial charge is 0.326 e. The molecule has 2 fully saturated rings. The topological polar surface area (TPSA) is 60.9 Å². The van der Waals surface area contributed by atoms with Crippen molar-refractivity contribution >= 4 is 12.0 Å². The van der Waals surface area contributed by atoms with Crippen LogP contribution < -0.4 is 0 Å². The Morgan fingerprint density at radius 1 is 1.29 bits per heavy atom. The first-order chi connectivity index (χ1) is 8.00. The van der Waals surface area contributed by atoms with Crippen molar-refractivity contribution in [2.24, 2.45) is 11.8 Å². The summed E-state index contributed by atoms with van der Waals surface area (Å²) in [5.41, 5.74) is 0. The van der Waals surface area contributed by atoms with Gasteiger partial charge in [0, 0.05) is 20.1 Å². The number of rotatable bonds is 2. The summed E-state index contributed by atoms with van der Waals surface area (Å²) >= 11 is 0. The number of carboxylic acid groups (broad SMARTS) is 1. The summed E-state index contributed by atoms with van der Waals surface area (Å²) in [6.07, 6.45) is 3.71. The molecule has 5 heteroatoms. The lowest BCUT2D eigenvalue weighted by atomic mass is 10.0. The van der Waals surface area contributed by atoms with Gasteiger partial charge < -0.3 is 14.9 Å². The molecule has 2 aliphatic rings. The van der Waals surface area contributed by atoms with Gasteiger partial charge in [-0.3, -0.25) is 0 Å². The van der Waals surface area contributed by atoms with Crippen LogP contribution in [0.15, 0.2) is 0 Å². The molecule has 2 amide bonds. The fraction of sp³-hybridized carbons (Fsp3) is 0.833. The Labute approximate surface area is 101 Å². The van der Waals surface area contributed by atoms with Gasteiger partial charge in [-0.05, 0) is 31.6 Å². The Balaban J connectivity index is 1.95. The minimum Gasteiger partial charge on any atom is -0.480 e. The van der Waals surface area contributed by atoms with Crippen LogP contribution >= 0.6 is 0 Å². The van der Waals surface area contributed by atoms with E-state index in [9.17, 15) is 9.59 Å². The molecule has 0 bridgehead atoms. The highest BCUT2D eigenvalue weighted by Crippen LogP contribution is 2.37.